The van der Waals surface area contributed by atoms with Crippen LogP contribution in [0.2, 0.25) is 0 Å². The minimum Gasteiger partial charge on any atom is -0.465 e. The van der Waals surface area contributed by atoms with E-state index in [9.17, 15) is 14.4 Å². The average Bonchev–Trinajstić information content (AvgIpc) is 2.90. The first-order valence-corrected chi connectivity index (χ1v) is 15.0. The van der Waals surface area contributed by atoms with E-state index < -0.39 is 17.5 Å². The molecule has 1 saturated carbocycles. The lowest BCUT2D eigenvalue weighted by Crippen LogP contribution is -2.48. The van der Waals surface area contributed by atoms with Crippen molar-refractivity contribution in [2.24, 2.45) is 17.8 Å². The monoisotopic (exact) mass is 522 g/mol. The first-order valence-electron chi connectivity index (χ1n) is 15.0. The maximum atomic E-state index is 13.1. The molecule has 6 heteroatoms. The third kappa shape index (κ3) is 13.5. The standard InChI is InChI=1S/C31H54O6/c1-6-9-11-13-15-17-25(4)23-35-29(33)27-19-21-31(22-20-27,37-28(32)8-3)30(34)36-24-26(5)18-16-14-12-10-7-2/h8,25-27H,3,6-7,9-24H2,1-2,4-5H3. The number of rotatable bonds is 20. The van der Waals surface area contributed by atoms with Gasteiger partial charge < -0.3 is 14.2 Å². The van der Waals surface area contributed by atoms with E-state index in [1.807, 2.05) is 0 Å². The van der Waals surface area contributed by atoms with Gasteiger partial charge in [-0.3, -0.25) is 4.79 Å². The van der Waals surface area contributed by atoms with Crippen molar-refractivity contribution < 1.29 is 28.6 Å². The highest BCUT2D eigenvalue weighted by Crippen LogP contribution is 2.37. The van der Waals surface area contributed by atoms with E-state index in [2.05, 4.69) is 34.3 Å². The van der Waals surface area contributed by atoms with Gasteiger partial charge >= 0.3 is 17.9 Å². The summed E-state index contributed by atoms with van der Waals surface area (Å²) in [5.74, 6) is -1.07. The summed E-state index contributed by atoms with van der Waals surface area (Å²) in [6.07, 6.45) is 16.7. The first kappa shape index (κ1) is 33.2. The van der Waals surface area contributed by atoms with E-state index in [1.54, 1.807) is 0 Å². The second kappa shape index (κ2) is 19.3. The third-order valence-corrected chi connectivity index (χ3v) is 7.57. The summed E-state index contributed by atoms with van der Waals surface area (Å²) in [5.41, 5.74) is -1.35. The van der Waals surface area contributed by atoms with Gasteiger partial charge in [0.05, 0.1) is 19.1 Å². The smallest absolute Gasteiger partial charge is 0.350 e. The van der Waals surface area contributed by atoms with Crippen molar-refractivity contribution in [1.29, 1.82) is 0 Å². The SMILES string of the molecule is C=CC(=O)OC1(C(=O)OCC(C)CCCCCCC)CCC(C(=O)OCC(C)CCCCCCC)CC1. The lowest BCUT2D eigenvalue weighted by molar-refractivity contribution is -0.187. The summed E-state index contributed by atoms with van der Waals surface area (Å²) < 4.78 is 16.8. The topological polar surface area (TPSA) is 78.9 Å². The lowest BCUT2D eigenvalue weighted by atomic mass is 9.78. The van der Waals surface area contributed by atoms with E-state index >= 15 is 0 Å². The summed E-state index contributed by atoms with van der Waals surface area (Å²) in [6, 6.07) is 0. The Morgan fingerprint density at radius 2 is 1.30 bits per heavy atom. The molecule has 37 heavy (non-hydrogen) atoms. The largest absolute Gasteiger partial charge is 0.465 e. The second-order valence-corrected chi connectivity index (χ2v) is 11.2. The normalized spacial score (nSPS) is 21.0. The van der Waals surface area contributed by atoms with Gasteiger partial charge in [0.1, 0.15) is 0 Å². The van der Waals surface area contributed by atoms with Crippen LogP contribution in [-0.2, 0) is 28.6 Å². The molecule has 1 rings (SSSR count). The van der Waals surface area contributed by atoms with E-state index in [0.29, 0.717) is 32.0 Å². The molecule has 0 aromatic carbocycles. The Morgan fingerprint density at radius 3 is 1.78 bits per heavy atom. The number of unbranched alkanes of at least 4 members (excludes halogenated alkanes) is 8. The molecule has 0 aliphatic heterocycles. The molecule has 0 N–H and O–H groups in total. The van der Waals surface area contributed by atoms with Crippen LogP contribution < -0.4 is 0 Å². The Bertz CT molecular complexity index is 665. The molecule has 0 spiro atoms. The van der Waals surface area contributed by atoms with Gasteiger partial charge in [-0.05, 0) is 50.4 Å². The average molecular weight is 523 g/mol. The van der Waals surface area contributed by atoms with Crippen molar-refractivity contribution in [2.45, 2.75) is 136 Å². The summed E-state index contributed by atoms with van der Waals surface area (Å²) in [7, 11) is 0. The highest BCUT2D eigenvalue weighted by Gasteiger charge is 2.48. The van der Waals surface area contributed by atoms with E-state index in [-0.39, 0.29) is 30.6 Å². The van der Waals surface area contributed by atoms with Crippen LogP contribution in [-0.4, -0.2) is 36.7 Å². The molecule has 0 aromatic rings. The first-order chi connectivity index (χ1) is 17.8. The maximum absolute atomic E-state index is 13.1. The van der Waals surface area contributed by atoms with Gasteiger partial charge in [0, 0.05) is 6.08 Å². The Morgan fingerprint density at radius 1 is 0.811 bits per heavy atom. The van der Waals surface area contributed by atoms with Gasteiger partial charge in [-0.2, -0.15) is 0 Å². The van der Waals surface area contributed by atoms with Crippen LogP contribution >= 0.6 is 0 Å². The molecule has 214 valence electrons. The molecule has 0 saturated heterocycles. The van der Waals surface area contributed by atoms with Gasteiger partial charge in [-0.1, -0.05) is 98.5 Å². The summed E-state index contributed by atoms with van der Waals surface area (Å²) in [6.45, 7) is 12.8. The molecule has 2 atom stereocenters. The Labute approximate surface area is 226 Å². The molecule has 2 unspecified atom stereocenters. The molecular formula is C31H54O6. The third-order valence-electron chi connectivity index (χ3n) is 7.57. The molecule has 0 aromatic heterocycles. The van der Waals surface area contributed by atoms with Crippen molar-refractivity contribution >= 4 is 17.9 Å². The summed E-state index contributed by atoms with van der Waals surface area (Å²) in [5, 5.41) is 0. The molecular weight excluding hydrogens is 468 g/mol. The molecule has 0 radical (unpaired) electrons. The number of hydrogen-bond donors (Lipinski definition) is 0. The summed E-state index contributed by atoms with van der Waals surface area (Å²) in [4.78, 5) is 37.8. The minimum absolute atomic E-state index is 0.216. The Balaban J connectivity index is 2.51. The van der Waals surface area contributed by atoms with Crippen molar-refractivity contribution in [1.82, 2.24) is 0 Å². The van der Waals surface area contributed by atoms with Crippen LogP contribution in [0.15, 0.2) is 12.7 Å². The fourth-order valence-electron chi connectivity index (χ4n) is 4.95. The zero-order valence-electron chi connectivity index (χ0n) is 24.2. The lowest BCUT2D eigenvalue weighted by Gasteiger charge is -2.36. The number of esters is 3. The second-order valence-electron chi connectivity index (χ2n) is 11.2. The van der Waals surface area contributed by atoms with Crippen molar-refractivity contribution in [3.05, 3.63) is 12.7 Å². The number of hydrogen-bond acceptors (Lipinski definition) is 6. The predicted octanol–water partition coefficient (Wildman–Crippen LogP) is 7.72. The van der Waals surface area contributed by atoms with Gasteiger partial charge in [-0.15, -0.1) is 0 Å². The highest BCUT2D eigenvalue weighted by atomic mass is 16.6. The van der Waals surface area contributed by atoms with Crippen molar-refractivity contribution in [3.63, 3.8) is 0 Å². The maximum Gasteiger partial charge on any atom is 0.350 e. The molecule has 1 aliphatic rings. The molecule has 0 heterocycles. The fourth-order valence-corrected chi connectivity index (χ4v) is 4.95. The number of carbonyl (C=O) groups is 3. The Kier molecular flexibility index (Phi) is 17.3. The quantitative estimate of drug-likeness (QED) is 0.0704. The summed E-state index contributed by atoms with van der Waals surface area (Å²) >= 11 is 0. The highest BCUT2D eigenvalue weighted by molar-refractivity contribution is 5.88. The predicted molar refractivity (Wildman–Crippen MR) is 148 cm³/mol. The van der Waals surface area contributed by atoms with E-state index in [1.165, 1.54) is 57.8 Å². The van der Waals surface area contributed by atoms with Crippen LogP contribution in [0.3, 0.4) is 0 Å². The minimum atomic E-state index is -1.35. The molecule has 6 nitrogen and oxygen atoms in total. The zero-order chi connectivity index (χ0) is 27.5. The Hall–Kier alpha value is -1.85. The van der Waals surface area contributed by atoms with Gasteiger partial charge in [-0.25, -0.2) is 9.59 Å². The molecule has 1 aliphatic carbocycles. The molecule has 0 bridgehead atoms. The van der Waals surface area contributed by atoms with Crippen LogP contribution in [0.1, 0.15) is 130 Å². The van der Waals surface area contributed by atoms with Crippen molar-refractivity contribution in [3.8, 4) is 0 Å². The van der Waals surface area contributed by atoms with Crippen molar-refractivity contribution in [2.75, 3.05) is 13.2 Å². The molecule has 1 fully saturated rings. The van der Waals surface area contributed by atoms with Gasteiger partial charge in [0.15, 0.2) is 0 Å². The van der Waals surface area contributed by atoms with Gasteiger partial charge in [0.25, 0.3) is 0 Å². The van der Waals surface area contributed by atoms with E-state index in [4.69, 9.17) is 14.2 Å². The molecule has 0 amide bonds. The van der Waals surface area contributed by atoms with Crippen LogP contribution in [0.5, 0.6) is 0 Å². The number of ether oxygens (including phenoxy) is 3. The van der Waals surface area contributed by atoms with Gasteiger partial charge in [0.2, 0.25) is 5.60 Å². The van der Waals surface area contributed by atoms with Crippen LogP contribution in [0, 0.1) is 17.8 Å². The zero-order valence-corrected chi connectivity index (χ0v) is 24.2. The van der Waals surface area contributed by atoms with Crippen LogP contribution in [0.25, 0.3) is 0 Å². The van der Waals surface area contributed by atoms with E-state index in [0.717, 1.165) is 25.3 Å². The number of carbonyl (C=O) groups excluding carboxylic acids is 3. The van der Waals surface area contributed by atoms with Crippen LogP contribution in [0.4, 0.5) is 0 Å². The fraction of sp³-hybridized carbons (Fsp3) is 0.839.